The summed E-state index contributed by atoms with van der Waals surface area (Å²) in [5.41, 5.74) is 1.75. The number of aliphatic hydroxyl groups excluding tert-OH is 1. The van der Waals surface area contributed by atoms with Crippen LogP contribution in [0.25, 0.3) is 10.7 Å². The molecule has 0 unspecified atom stereocenters. The molecule has 1 aromatic carbocycles. The van der Waals surface area contributed by atoms with Gasteiger partial charge in [0, 0.05) is 38.3 Å². The van der Waals surface area contributed by atoms with Gasteiger partial charge in [-0.1, -0.05) is 44.0 Å². The van der Waals surface area contributed by atoms with Gasteiger partial charge in [-0.05, 0) is 23.9 Å². The number of aliphatic hydroxyl groups is 1. The Bertz CT molecular complexity index is 924. The third-order valence-electron chi connectivity index (χ3n) is 3.51. The van der Waals surface area contributed by atoms with Crippen molar-refractivity contribution in [2.75, 3.05) is 10.8 Å². The molecule has 7 heteroatoms. The molecule has 0 saturated carbocycles. The first-order valence-corrected chi connectivity index (χ1v) is 9.83. The molecule has 0 aliphatic carbocycles. The van der Waals surface area contributed by atoms with Crippen molar-refractivity contribution < 1.29 is 46.2 Å². The first kappa shape index (κ1) is 24.9. The molecule has 0 amide bonds. The Kier molecular flexibility index (Phi) is 9.83. The molecule has 1 radical (unpaired) electrons. The molecule has 1 aliphatic heterocycles. The van der Waals surface area contributed by atoms with Gasteiger partial charge in [0.2, 0.25) is 0 Å². The second-order valence-corrected chi connectivity index (χ2v) is 7.54. The Morgan fingerprint density at radius 1 is 1.19 bits per heavy atom. The molecule has 0 saturated heterocycles. The number of thiophene rings is 1. The molecule has 26 heavy (non-hydrogen) atoms. The fraction of sp³-hybridized carbons (Fsp3) is 0.211. The van der Waals surface area contributed by atoms with Crippen molar-refractivity contribution >= 4 is 37.0 Å². The zero-order valence-electron chi connectivity index (χ0n) is 15.4. The van der Waals surface area contributed by atoms with Gasteiger partial charge in [0.1, 0.15) is 15.7 Å². The molecule has 2 heterocycles. The van der Waals surface area contributed by atoms with E-state index in [9.17, 15) is 13.5 Å². The molecule has 137 valence electrons. The number of benzene rings is 1. The van der Waals surface area contributed by atoms with Crippen LogP contribution in [0.2, 0.25) is 0 Å². The summed E-state index contributed by atoms with van der Waals surface area (Å²) in [5.74, 6) is 2.15. The molecule has 0 atom stereocenters. The summed E-state index contributed by atoms with van der Waals surface area (Å²) < 4.78 is 27.1. The van der Waals surface area contributed by atoms with E-state index in [4.69, 9.17) is 6.42 Å². The Hall–Kier alpha value is -1.13. The van der Waals surface area contributed by atoms with Crippen molar-refractivity contribution in [2.45, 2.75) is 20.8 Å². The molecule has 1 aromatic heterocycles. The van der Waals surface area contributed by atoms with Crippen LogP contribution in [0.4, 0.5) is 5.00 Å². The maximum atomic E-state index is 12.9. The van der Waals surface area contributed by atoms with Crippen molar-refractivity contribution in [1.82, 2.24) is 0 Å². The Balaban J connectivity index is 0.00000151. The molecule has 0 fully saturated rings. The number of anilines is 1. The predicted molar refractivity (Wildman–Crippen MR) is 108 cm³/mol. The zero-order valence-corrected chi connectivity index (χ0v) is 19.8. The number of hydrogen-bond donors (Lipinski definition) is 1. The third-order valence-corrected chi connectivity index (χ3v) is 6.39. The first-order chi connectivity index (χ1) is 11.5. The Morgan fingerprint density at radius 3 is 2.38 bits per heavy atom. The van der Waals surface area contributed by atoms with E-state index in [1.54, 1.807) is 36.6 Å². The predicted octanol–water partition coefficient (Wildman–Crippen LogP) is 4.70. The van der Waals surface area contributed by atoms with E-state index >= 15 is 0 Å². The van der Waals surface area contributed by atoms with Gasteiger partial charge < -0.3 is 12.5 Å². The number of hydrogen-bond acceptors (Lipinski definition) is 4. The molecule has 0 bridgehead atoms. The quantitative estimate of drug-likeness (QED) is 0.517. The van der Waals surface area contributed by atoms with Crippen LogP contribution in [0, 0.1) is 26.7 Å². The Morgan fingerprint density at radius 2 is 1.81 bits per heavy atom. The number of sulfonamides is 1. The summed E-state index contributed by atoms with van der Waals surface area (Å²) in [4.78, 5) is -0.0910. The second kappa shape index (κ2) is 10.3. The maximum Gasteiger partial charge on any atom is 0.270 e. The van der Waals surface area contributed by atoms with Crippen LogP contribution in [0.1, 0.15) is 30.5 Å². The van der Waals surface area contributed by atoms with Crippen molar-refractivity contribution in [3.8, 4) is 12.3 Å². The number of rotatable bonds is 2. The van der Waals surface area contributed by atoms with E-state index < -0.39 is 10.0 Å². The molecule has 1 aliphatic rings. The molecular weight excluding hydrogens is 443 g/mol. The van der Waals surface area contributed by atoms with Gasteiger partial charge in [-0.25, -0.2) is 12.7 Å². The van der Waals surface area contributed by atoms with Gasteiger partial charge in [0.15, 0.2) is 0 Å². The zero-order chi connectivity index (χ0) is 17.9. The fourth-order valence-corrected chi connectivity index (χ4v) is 5.35. The van der Waals surface area contributed by atoms with E-state index in [-0.39, 0.29) is 57.3 Å². The van der Waals surface area contributed by atoms with Gasteiger partial charge >= 0.3 is 0 Å². The number of fused-ring (bicyclic) bond motifs is 1. The normalized spacial score (nSPS) is 14.0. The van der Waals surface area contributed by atoms with Crippen molar-refractivity contribution in [2.24, 2.45) is 0 Å². The summed E-state index contributed by atoms with van der Waals surface area (Å²) >= 11 is 1.24. The Labute approximate surface area is 185 Å². The van der Waals surface area contributed by atoms with E-state index in [1.165, 1.54) is 15.6 Å². The molecule has 1 N–H and O–H groups in total. The monoisotopic (exact) mass is 465 g/mol. The number of aryl methyl sites for hydroxylation is 1. The molecular formula is C19H22NO3S2Y-. The van der Waals surface area contributed by atoms with Crippen LogP contribution in [-0.4, -0.2) is 20.1 Å². The third kappa shape index (κ3) is 4.23. The summed E-state index contributed by atoms with van der Waals surface area (Å²) in [6, 6.07) is 8.75. The standard InChI is InChI=1S/C16H13NO3S2.C2H6.CH3.Y/c1-3-9-17-16-13(8-10-21-16)14(18)15(22(17,19)20)12-7-5-4-6-11(12)2;1-2;;/h1,4-8,10,18H,9H2,2H3;1-2H3;1H3;/q;;-1;. The molecule has 4 nitrogen and oxygen atoms in total. The van der Waals surface area contributed by atoms with Crippen molar-refractivity contribution in [3.05, 3.63) is 59.8 Å². The van der Waals surface area contributed by atoms with Crippen LogP contribution in [-0.2, 0) is 42.7 Å². The van der Waals surface area contributed by atoms with Crippen LogP contribution in [0.5, 0.6) is 0 Å². The van der Waals surface area contributed by atoms with Gasteiger partial charge in [0.05, 0.1) is 12.1 Å². The molecule has 0 spiro atoms. The van der Waals surface area contributed by atoms with E-state index in [0.717, 1.165) is 5.56 Å². The van der Waals surface area contributed by atoms with Crippen molar-refractivity contribution in [1.29, 1.82) is 0 Å². The maximum absolute atomic E-state index is 12.9. The van der Waals surface area contributed by atoms with Crippen LogP contribution < -0.4 is 4.31 Å². The topological polar surface area (TPSA) is 57.6 Å². The minimum absolute atomic E-state index is 0. The summed E-state index contributed by atoms with van der Waals surface area (Å²) in [6.45, 7) is 5.73. The molecule has 2 aromatic rings. The number of nitrogens with zero attached hydrogens (tertiary/aromatic N) is 1. The van der Waals surface area contributed by atoms with Gasteiger partial charge in [-0.3, -0.25) is 0 Å². The second-order valence-electron chi connectivity index (χ2n) is 4.85. The van der Waals surface area contributed by atoms with Gasteiger partial charge in [0.25, 0.3) is 10.0 Å². The largest absolute Gasteiger partial charge is 0.506 e. The number of terminal acetylenes is 1. The SMILES string of the molecule is C#CCN1c2sccc2C(O)=C(c2ccccc2C)S1(=O)=O.CC.[CH3-].[Y]. The van der Waals surface area contributed by atoms with Crippen LogP contribution in [0.15, 0.2) is 35.7 Å². The van der Waals surface area contributed by atoms with Gasteiger partial charge in [-0.15, -0.1) is 17.8 Å². The van der Waals surface area contributed by atoms with Crippen LogP contribution >= 0.6 is 11.3 Å². The average Bonchev–Trinajstić information content (AvgIpc) is 3.04. The van der Waals surface area contributed by atoms with Crippen LogP contribution in [0.3, 0.4) is 0 Å². The molecule has 3 rings (SSSR count). The van der Waals surface area contributed by atoms with Crippen molar-refractivity contribution in [3.63, 3.8) is 0 Å². The fourth-order valence-electron chi connectivity index (χ4n) is 2.47. The van der Waals surface area contributed by atoms with E-state index in [0.29, 0.717) is 16.1 Å². The average molecular weight is 465 g/mol. The minimum atomic E-state index is -3.90. The van der Waals surface area contributed by atoms with Gasteiger partial charge in [-0.2, -0.15) is 0 Å². The summed E-state index contributed by atoms with van der Waals surface area (Å²) in [5, 5.41) is 12.7. The summed E-state index contributed by atoms with van der Waals surface area (Å²) in [7, 11) is -3.90. The van der Waals surface area contributed by atoms with E-state index in [1.807, 2.05) is 19.9 Å². The smallest absolute Gasteiger partial charge is 0.270 e. The summed E-state index contributed by atoms with van der Waals surface area (Å²) in [6.07, 6.45) is 5.32. The van der Waals surface area contributed by atoms with E-state index in [2.05, 4.69) is 5.92 Å². The minimum Gasteiger partial charge on any atom is -0.506 e. The first-order valence-electron chi connectivity index (χ1n) is 7.51.